The Bertz CT molecular complexity index is 515. The lowest BCUT2D eigenvalue weighted by Gasteiger charge is -2.31. The molecule has 1 aliphatic rings. The molecule has 0 spiro atoms. The Hall–Kier alpha value is -2.15. The molecule has 1 aromatic rings. The lowest BCUT2D eigenvalue weighted by molar-refractivity contribution is 0.0696. The number of hydrogen-bond acceptors (Lipinski definition) is 4. The van der Waals surface area contributed by atoms with Crippen LogP contribution in [0.3, 0.4) is 0 Å². The molecule has 7 heteroatoms. The lowest BCUT2D eigenvalue weighted by Crippen LogP contribution is -2.47. The van der Waals surface area contributed by atoms with E-state index in [2.05, 4.69) is 15.6 Å². The average molecular weight is 292 g/mol. The summed E-state index contributed by atoms with van der Waals surface area (Å²) in [6.45, 7) is 2.06. The van der Waals surface area contributed by atoms with Gasteiger partial charge in [0, 0.05) is 19.3 Å². The Balaban J connectivity index is 1.88. The molecule has 1 aliphatic heterocycles. The van der Waals surface area contributed by atoms with Crippen LogP contribution >= 0.6 is 0 Å². The summed E-state index contributed by atoms with van der Waals surface area (Å²) < 4.78 is 0. The Labute approximate surface area is 123 Å². The van der Waals surface area contributed by atoms with Crippen molar-refractivity contribution in [3.63, 3.8) is 0 Å². The van der Waals surface area contributed by atoms with Crippen LogP contribution in [0.4, 0.5) is 4.79 Å². The second kappa shape index (κ2) is 7.03. The number of nitrogens with one attached hydrogen (secondary N) is 2. The normalized spacial score (nSPS) is 15.5. The first-order valence-corrected chi connectivity index (χ1v) is 6.97. The van der Waals surface area contributed by atoms with E-state index in [0.717, 1.165) is 25.9 Å². The standard InChI is InChI=1S/C14H20N4O3/c1-18(12-3-5-15-6-4-12)14(21)17-9-11-8-10(13(19)20)2-7-16-11/h2,7-8,12,15H,3-6,9H2,1H3,(H,17,21)(H,19,20). The van der Waals surface area contributed by atoms with E-state index in [9.17, 15) is 9.59 Å². The fraction of sp³-hybridized carbons (Fsp3) is 0.500. The minimum absolute atomic E-state index is 0.163. The molecule has 0 bridgehead atoms. The van der Waals surface area contributed by atoms with Gasteiger partial charge in [0.25, 0.3) is 0 Å². The third-order valence-electron chi connectivity index (χ3n) is 3.66. The van der Waals surface area contributed by atoms with Gasteiger partial charge in [0.2, 0.25) is 0 Å². The molecule has 2 rings (SSSR count). The van der Waals surface area contributed by atoms with Crippen molar-refractivity contribution < 1.29 is 14.7 Å². The zero-order valence-corrected chi connectivity index (χ0v) is 12.0. The second-order valence-electron chi connectivity index (χ2n) is 5.09. The molecule has 0 unspecified atom stereocenters. The number of aromatic nitrogens is 1. The highest BCUT2D eigenvalue weighted by Gasteiger charge is 2.21. The maximum atomic E-state index is 12.1. The van der Waals surface area contributed by atoms with Crippen LogP contribution in [-0.2, 0) is 6.54 Å². The molecule has 7 nitrogen and oxygen atoms in total. The molecule has 0 saturated carbocycles. The topological polar surface area (TPSA) is 94.6 Å². The average Bonchev–Trinajstić information content (AvgIpc) is 2.53. The van der Waals surface area contributed by atoms with Gasteiger partial charge in [0.1, 0.15) is 0 Å². The van der Waals surface area contributed by atoms with Crippen LogP contribution in [0.25, 0.3) is 0 Å². The summed E-state index contributed by atoms with van der Waals surface area (Å²) in [6.07, 6.45) is 3.31. The van der Waals surface area contributed by atoms with Crippen LogP contribution < -0.4 is 10.6 Å². The molecule has 1 aromatic heterocycles. The molecular formula is C14H20N4O3. The fourth-order valence-electron chi connectivity index (χ4n) is 2.36. The van der Waals surface area contributed by atoms with Crippen molar-refractivity contribution in [1.29, 1.82) is 0 Å². The highest BCUT2D eigenvalue weighted by molar-refractivity contribution is 5.87. The SMILES string of the molecule is CN(C(=O)NCc1cc(C(=O)O)ccn1)C1CCNCC1. The summed E-state index contributed by atoms with van der Waals surface area (Å²) >= 11 is 0. The number of nitrogens with zero attached hydrogens (tertiary/aromatic N) is 2. The quantitative estimate of drug-likeness (QED) is 0.758. The zero-order chi connectivity index (χ0) is 15.2. The highest BCUT2D eigenvalue weighted by Crippen LogP contribution is 2.10. The number of urea groups is 1. The summed E-state index contributed by atoms with van der Waals surface area (Å²) in [6, 6.07) is 2.97. The first kappa shape index (κ1) is 15.2. The Kier molecular flexibility index (Phi) is 5.10. The lowest BCUT2D eigenvalue weighted by atomic mass is 10.1. The van der Waals surface area contributed by atoms with Gasteiger partial charge in [0.15, 0.2) is 0 Å². The number of hydrogen-bond donors (Lipinski definition) is 3. The van der Waals surface area contributed by atoms with Crippen molar-refractivity contribution in [2.24, 2.45) is 0 Å². The van der Waals surface area contributed by atoms with Gasteiger partial charge in [-0.3, -0.25) is 4.98 Å². The fourth-order valence-corrected chi connectivity index (χ4v) is 2.36. The minimum Gasteiger partial charge on any atom is -0.478 e. The second-order valence-corrected chi connectivity index (χ2v) is 5.09. The molecule has 3 N–H and O–H groups in total. The van der Waals surface area contributed by atoms with Crippen molar-refractivity contribution in [2.75, 3.05) is 20.1 Å². The van der Waals surface area contributed by atoms with E-state index in [0.29, 0.717) is 5.69 Å². The zero-order valence-electron chi connectivity index (χ0n) is 12.0. The van der Waals surface area contributed by atoms with E-state index in [1.54, 1.807) is 11.9 Å². The van der Waals surface area contributed by atoms with Crippen LogP contribution in [0.2, 0.25) is 0 Å². The summed E-state index contributed by atoms with van der Waals surface area (Å²) in [5.74, 6) is -1.00. The Morgan fingerprint density at radius 3 is 2.86 bits per heavy atom. The summed E-state index contributed by atoms with van der Waals surface area (Å²) in [4.78, 5) is 28.7. The number of carboxylic acid groups (broad SMARTS) is 1. The van der Waals surface area contributed by atoms with Crippen molar-refractivity contribution in [3.8, 4) is 0 Å². The highest BCUT2D eigenvalue weighted by atomic mass is 16.4. The predicted octanol–water partition coefficient (Wildman–Crippen LogP) is 0.673. The summed E-state index contributed by atoms with van der Waals surface area (Å²) in [5.41, 5.74) is 0.697. The van der Waals surface area contributed by atoms with Crippen LogP contribution in [0.15, 0.2) is 18.3 Å². The van der Waals surface area contributed by atoms with Gasteiger partial charge in [-0.2, -0.15) is 0 Å². The minimum atomic E-state index is -1.00. The van der Waals surface area contributed by atoms with E-state index in [-0.39, 0.29) is 24.2 Å². The maximum absolute atomic E-state index is 12.1. The number of pyridine rings is 1. The van der Waals surface area contributed by atoms with Crippen molar-refractivity contribution >= 4 is 12.0 Å². The maximum Gasteiger partial charge on any atom is 0.335 e. The Morgan fingerprint density at radius 2 is 2.19 bits per heavy atom. The molecule has 0 aliphatic carbocycles. The molecule has 2 heterocycles. The predicted molar refractivity (Wildman–Crippen MR) is 77.1 cm³/mol. The van der Waals surface area contributed by atoms with Crippen molar-refractivity contribution in [1.82, 2.24) is 20.5 Å². The van der Waals surface area contributed by atoms with Crippen LogP contribution in [-0.4, -0.2) is 53.2 Å². The first-order chi connectivity index (χ1) is 10.1. The third kappa shape index (κ3) is 4.16. The van der Waals surface area contributed by atoms with Crippen molar-refractivity contribution in [2.45, 2.75) is 25.4 Å². The molecule has 1 fully saturated rings. The first-order valence-electron chi connectivity index (χ1n) is 6.97. The summed E-state index contributed by atoms with van der Waals surface area (Å²) in [7, 11) is 1.78. The van der Waals surface area contributed by atoms with Gasteiger partial charge < -0.3 is 20.6 Å². The van der Waals surface area contributed by atoms with E-state index < -0.39 is 5.97 Å². The van der Waals surface area contributed by atoms with Gasteiger partial charge in [-0.05, 0) is 38.1 Å². The molecule has 0 radical (unpaired) electrons. The molecule has 0 atom stereocenters. The monoisotopic (exact) mass is 292 g/mol. The van der Waals surface area contributed by atoms with Crippen LogP contribution in [0, 0.1) is 0 Å². The van der Waals surface area contributed by atoms with E-state index >= 15 is 0 Å². The van der Waals surface area contributed by atoms with Gasteiger partial charge in [-0.15, -0.1) is 0 Å². The van der Waals surface area contributed by atoms with Crippen molar-refractivity contribution in [3.05, 3.63) is 29.6 Å². The van der Waals surface area contributed by atoms with Gasteiger partial charge in [0.05, 0.1) is 17.8 Å². The number of aromatic carboxylic acids is 1. The molecule has 0 aromatic carbocycles. The largest absolute Gasteiger partial charge is 0.478 e. The van der Waals surface area contributed by atoms with Gasteiger partial charge in [-0.25, -0.2) is 9.59 Å². The number of amides is 2. The number of carboxylic acids is 1. The summed E-state index contributed by atoms with van der Waals surface area (Å²) in [5, 5.41) is 14.9. The van der Waals surface area contributed by atoms with E-state index in [1.807, 2.05) is 0 Å². The smallest absolute Gasteiger partial charge is 0.335 e. The molecular weight excluding hydrogens is 272 g/mol. The number of carbonyl (C=O) groups excluding carboxylic acids is 1. The number of carbonyl (C=O) groups is 2. The number of rotatable bonds is 4. The molecule has 1 saturated heterocycles. The Morgan fingerprint density at radius 1 is 1.48 bits per heavy atom. The molecule has 114 valence electrons. The third-order valence-corrected chi connectivity index (χ3v) is 3.66. The number of piperidine rings is 1. The van der Waals surface area contributed by atoms with Gasteiger partial charge in [-0.1, -0.05) is 0 Å². The molecule has 2 amide bonds. The van der Waals surface area contributed by atoms with Crippen LogP contribution in [0.5, 0.6) is 0 Å². The van der Waals surface area contributed by atoms with E-state index in [1.165, 1.54) is 18.3 Å². The molecule has 21 heavy (non-hydrogen) atoms. The van der Waals surface area contributed by atoms with Crippen LogP contribution in [0.1, 0.15) is 28.9 Å². The van der Waals surface area contributed by atoms with Gasteiger partial charge >= 0.3 is 12.0 Å². The van der Waals surface area contributed by atoms with E-state index in [4.69, 9.17) is 5.11 Å².